The molecule has 0 aromatic heterocycles. The number of hydrogen-bond donors (Lipinski definition) is 0. The van der Waals surface area contributed by atoms with E-state index in [1.807, 2.05) is 24.3 Å². The van der Waals surface area contributed by atoms with E-state index in [0.717, 1.165) is 34.4 Å². The summed E-state index contributed by atoms with van der Waals surface area (Å²) in [6.45, 7) is 5.74. The number of Topliss-reactive ketones (excluding diaryl/α,β-unsaturated/α-hetero) is 1. The van der Waals surface area contributed by atoms with Gasteiger partial charge in [0.25, 0.3) is 0 Å². The molecule has 6 rings (SSSR count). The molecule has 36 heavy (non-hydrogen) atoms. The fraction of sp³-hybridized carbons (Fsp3) is 0.464. The SMILES string of the molecule is CC(C)(C)OC(=O)N1C(C(=O)OC2CCc3cc4c(cc3C2=O)COc2cc(Cl)ccc2-4)CC2C[C@H]21. The highest BCUT2D eigenvalue weighted by atomic mass is 35.5. The Morgan fingerprint density at radius 1 is 1.06 bits per heavy atom. The summed E-state index contributed by atoms with van der Waals surface area (Å²) in [7, 11) is 0. The van der Waals surface area contributed by atoms with Crippen molar-refractivity contribution in [2.24, 2.45) is 5.92 Å². The zero-order valence-corrected chi connectivity index (χ0v) is 21.3. The molecule has 0 spiro atoms. The highest BCUT2D eigenvalue weighted by Crippen LogP contribution is 2.49. The van der Waals surface area contributed by atoms with Crippen molar-refractivity contribution in [3.05, 3.63) is 52.0 Å². The molecule has 0 radical (unpaired) electrons. The predicted octanol–water partition coefficient (Wildman–Crippen LogP) is 5.34. The van der Waals surface area contributed by atoms with Gasteiger partial charge >= 0.3 is 12.1 Å². The van der Waals surface area contributed by atoms with E-state index in [1.165, 1.54) is 4.90 Å². The standard InChI is InChI=1S/C28H28ClNO6/c1-28(2,3)36-27(33)30-21-10-15(21)11-22(30)26(32)35-23-7-4-14-8-19-16(9-20(14)25(23)31)13-34-24-12-17(29)5-6-18(19)24/h5-6,8-9,12,15,21-23H,4,7,10-11,13H2,1-3H3/t15?,21-,22?,23?/m1/s1. The van der Waals surface area contributed by atoms with Gasteiger partial charge in [0, 0.05) is 22.2 Å². The predicted molar refractivity (Wildman–Crippen MR) is 132 cm³/mol. The molecular formula is C28H28ClNO6. The van der Waals surface area contributed by atoms with E-state index in [0.29, 0.717) is 42.4 Å². The maximum atomic E-state index is 13.4. The van der Waals surface area contributed by atoms with Crippen LogP contribution in [0.4, 0.5) is 4.79 Å². The third-order valence-electron chi connectivity index (χ3n) is 7.42. The van der Waals surface area contributed by atoms with E-state index in [1.54, 1.807) is 26.8 Å². The fourth-order valence-electron chi connectivity index (χ4n) is 5.66. The number of carbonyl (C=O) groups is 3. The van der Waals surface area contributed by atoms with Crippen LogP contribution in [0.25, 0.3) is 11.1 Å². The van der Waals surface area contributed by atoms with Crippen LogP contribution >= 0.6 is 11.6 Å². The smallest absolute Gasteiger partial charge is 0.411 e. The van der Waals surface area contributed by atoms with E-state index >= 15 is 0 Å². The number of hydrogen-bond acceptors (Lipinski definition) is 6. The van der Waals surface area contributed by atoms with Crippen molar-refractivity contribution in [1.29, 1.82) is 0 Å². The van der Waals surface area contributed by atoms with Crippen LogP contribution in [0.15, 0.2) is 30.3 Å². The van der Waals surface area contributed by atoms with Gasteiger partial charge in [-0.2, -0.15) is 0 Å². The van der Waals surface area contributed by atoms with Crippen molar-refractivity contribution in [3.8, 4) is 16.9 Å². The molecule has 1 saturated carbocycles. The molecule has 3 unspecified atom stereocenters. The molecule has 2 aromatic rings. The van der Waals surface area contributed by atoms with Gasteiger partial charge in [0.1, 0.15) is 24.0 Å². The minimum Gasteiger partial charge on any atom is -0.488 e. The first kappa shape index (κ1) is 23.3. The Morgan fingerprint density at radius 3 is 2.61 bits per heavy atom. The molecule has 4 atom stereocenters. The third-order valence-corrected chi connectivity index (χ3v) is 7.65. The Balaban J connectivity index is 1.20. The van der Waals surface area contributed by atoms with Gasteiger partial charge in [-0.25, -0.2) is 9.59 Å². The average Bonchev–Trinajstić information content (AvgIpc) is 3.47. The lowest BCUT2D eigenvalue weighted by molar-refractivity contribution is -0.153. The van der Waals surface area contributed by atoms with E-state index in [9.17, 15) is 14.4 Å². The zero-order chi connectivity index (χ0) is 25.4. The van der Waals surface area contributed by atoms with Crippen molar-refractivity contribution in [1.82, 2.24) is 4.90 Å². The number of esters is 1. The van der Waals surface area contributed by atoms with Gasteiger partial charge in [0.2, 0.25) is 5.78 Å². The van der Waals surface area contributed by atoms with Gasteiger partial charge in [0.05, 0.1) is 0 Å². The maximum Gasteiger partial charge on any atom is 0.411 e. The van der Waals surface area contributed by atoms with Gasteiger partial charge in [-0.3, -0.25) is 9.69 Å². The largest absolute Gasteiger partial charge is 0.488 e. The summed E-state index contributed by atoms with van der Waals surface area (Å²) in [6, 6.07) is 8.77. The second-order valence-corrected chi connectivity index (χ2v) is 11.6. The fourth-order valence-corrected chi connectivity index (χ4v) is 5.82. The van der Waals surface area contributed by atoms with E-state index < -0.39 is 29.8 Å². The normalized spacial score (nSPS) is 25.7. The summed E-state index contributed by atoms with van der Waals surface area (Å²) in [5.74, 6) is 0.290. The molecular weight excluding hydrogens is 482 g/mol. The Morgan fingerprint density at radius 2 is 1.83 bits per heavy atom. The van der Waals surface area contributed by atoms with Crippen molar-refractivity contribution >= 4 is 29.4 Å². The number of nitrogens with zero attached hydrogens (tertiary/aromatic N) is 1. The lowest BCUT2D eigenvalue weighted by Crippen LogP contribution is -2.47. The first-order valence-electron chi connectivity index (χ1n) is 12.4. The Labute approximate surface area is 214 Å². The molecule has 2 aliphatic carbocycles. The van der Waals surface area contributed by atoms with Crippen LogP contribution in [-0.4, -0.2) is 46.5 Å². The van der Waals surface area contributed by atoms with Gasteiger partial charge in [-0.05, 0) is 99.4 Å². The van der Waals surface area contributed by atoms with Crippen molar-refractivity contribution in [2.45, 2.75) is 76.9 Å². The zero-order valence-electron chi connectivity index (χ0n) is 20.5. The molecule has 0 bridgehead atoms. The minimum atomic E-state index is -0.865. The monoisotopic (exact) mass is 509 g/mol. The number of benzene rings is 2. The van der Waals surface area contributed by atoms with E-state index in [2.05, 4.69) is 0 Å². The van der Waals surface area contributed by atoms with Gasteiger partial charge < -0.3 is 14.2 Å². The second-order valence-electron chi connectivity index (χ2n) is 11.1. The molecule has 4 aliphatic rings. The summed E-state index contributed by atoms with van der Waals surface area (Å²) < 4.78 is 17.2. The van der Waals surface area contributed by atoms with Crippen molar-refractivity contribution in [2.75, 3.05) is 0 Å². The number of halogens is 1. The number of carbonyl (C=O) groups excluding carboxylic acids is 3. The van der Waals surface area contributed by atoms with Gasteiger partial charge in [-0.15, -0.1) is 0 Å². The van der Waals surface area contributed by atoms with E-state index in [4.69, 9.17) is 25.8 Å². The van der Waals surface area contributed by atoms with Crippen molar-refractivity contribution in [3.63, 3.8) is 0 Å². The summed E-state index contributed by atoms with van der Waals surface area (Å²) >= 11 is 6.11. The number of aryl methyl sites for hydroxylation is 1. The number of fused-ring (bicyclic) bond motifs is 5. The number of likely N-dealkylation sites (tertiary alicyclic amines) is 1. The van der Waals surface area contributed by atoms with Crippen LogP contribution in [0.3, 0.4) is 0 Å². The van der Waals surface area contributed by atoms with Crippen LogP contribution < -0.4 is 4.74 Å². The molecule has 2 aliphatic heterocycles. The highest BCUT2D eigenvalue weighted by Gasteiger charge is 2.58. The number of amides is 1. The van der Waals surface area contributed by atoms with Gasteiger partial charge in [-0.1, -0.05) is 11.6 Å². The van der Waals surface area contributed by atoms with Crippen LogP contribution in [0.2, 0.25) is 5.02 Å². The first-order valence-corrected chi connectivity index (χ1v) is 12.8. The molecule has 2 aromatic carbocycles. The van der Waals surface area contributed by atoms with Crippen LogP contribution in [-0.2, 0) is 27.3 Å². The molecule has 2 fully saturated rings. The maximum absolute atomic E-state index is 13.4. The molecule has 1 amide bonds. The van der Waals surface area contributed by atoms with Crippen LogP contribution in [0, 0.1) is 5.92 Å². The highest BCUT2D eigenvalue weighted by molar-refractivity contribution is 6.30. The van der Waals surface area contributed by atoms with Crippen molar-refractivity contribution < 1.29 is 28.6 Å². The van der Waals surface area contributed by atoms with Crippen LogP contribution in [0.5, 0.6) is 5.75 Å². The number of ether oxygens (including phenoxy) is 3. The minimum absolute atomic E-state index is 0.0180. The first-order chi connectivity index (χ1) is 17.1. The summed E-state index contributed by atoms with van der Waals surface area (Å²) in [5, 5.41) is 0.611. The Kier molecular flexibility index (Phi) is 5.34. The Bertz CT molecular complexity index is 1300. The lowest BCUT2D eigenvalue weighted by Gasteiger charge is -2.31. The third kappa shape index (κ3) is 4.03. The van der Waals surface area contributed by atoms with Crippen LogP contribution in [0.1, 0.15) is 61.5 Å². The van der Waals surface area contributed by atoms with E-state index in [-0.39, 0.29) is 11.8 Å². The molecule has 7 nitrogen and oxygen atoms in total. The topological polar surface area (TPSA) is 82.1 Å². The molecule has 1 saturated heterocycles. The quantitative estimate of drug-likeness (QED) is 0.508. The van der Waals surface area contributed by atoms with Gasteiger partial charge in [0.15, 0.2) is 6.10 Å². The molecule has 2 heterocycles. The molecule has 0 N–H and O–H groups in total. The Hall–Kier alpha value is -3.06. The second kappa shape index (κ2) is 8.23. The summed E-state index contributed by atoms with van der Waals surface area (Å²) in [4.78, 5) is 40.8. The number of ketones is 1. The number of rotatable bonds is 2. The number of piperidine rings is 1. The summed E-state index contributed by atoms with van der Waals surface area (Å²) in [6.07, 6.45) is 1.09. The lowest BCUT2D eigenvalue weighted by atomic mass is 9.83. The molecule has 8 heteroatoms. The molecule has 188 valence electrons. The average molecular weight is 510 g/mol. The summed E-state index contributed by atoms with van der Waals surface area (Å²) in [5.41, 5.74) is 3.75.